The molecule has 1 rings (SSSR count). The van der Waals surface area contributed by atoms with Crippen molar-refractivity contribution in [3.63, 3.8) is 0 Å². The topological polar surface area (TPSA) is 0 Å². The molecule has 1 aromatic rings. The summed E-state index contributed by atoms with van der Waals surface area (Å²) in [6.07, 6.45) is 0. The minimum atomic E-state index is -1.33. The first-order valence-electron chi connectivity index (χ1n) is 5.15. The van der Waals surface area contributed by atoms with Gasteiger partial charge in [-0.05, 0) is 32.9 Å². The monoisotopic (exact) mass is 237 g/mol. The summed E-state index contributed by atoms with van der Waals surface area (Å²) in [6.45, 7) is 8.97. The van der Waals surface area contributed by atoms with Crippen molar-refractivity contribution in [2.24, 2.45) is 0 Å². The molecule has 0 bridgehead atoms. The molecule has 0 aliphatic carbocycles. The van der Waals surface area contributed by atoms with E-state index in [1.54, 1.807) is 0 Å². The van der Waals surface area contributed by atoms with Crippen molar-refractivity contribution in [1.29, 1.82) is 0 Å². The Morgan fingerprint density at radius 1 is 1.20 bits per heavy atom. The largest absolute Gasteiger partial charge is 0.305 e. The van der Waals surface area contributed by atoms with E-state index in [0.717, 1.165) is 5.49 Å². The van der Waals surface area contributed by atoms with Gasteiger partial charge in [0, 0.05) is 16.7 Å². The van der Waals surface area contributed by atoms with Gasteiger partial charge >= 0.3 is 0 Å². The third-order valence-corrected chi connectivity index (χ3v) is 9.11. The number of hydrogen-bond donors (Lipinski definition) is 0. The molecular formula is C12H19BPS. The van der Waals surface area contributed by atoms with Gasteiger partial charge in [-0.15, -0.1) is 0 Å². The van der Waals surface area contributed by atoms with Crippen LogP contribution in [0.2, 0.25) is 0 Å². The molecule has 0 nitrogen and oxygen atoms in total. The molecule has 0 fully saturated rings. The number of hydrogen-bond acceptors (Lipinski definition) is 1. The highest BCUT2D eigenvalue weighted by molar-refractivity contribution is 8.13. The van der Waals surface area contributed by atoms with Crippen molar-refractivity contribution in [3.8, 4) is 0 Å². The van der Waals surface area contributed by atoms with Gasteiger partial charge in [0.05, 0.1) is 5.49 Å². The molecule has 0 saturated carbocycles. The fourth-order valence-electron chi connectivity index (χ4n) is 0.919. The SMILES string of the molecule is [B-][P+](C)(CSc1ccccc1)C(C)(C)C. The third-order valence-electron chi connectivity index (χ3n) is 2.78. The Morgan fingerprint density at radius 3 is 2.20 bits per heavy atom. The lowest BCUT2D eigenvalue weighted by molar-refractivity contribution is 0.784. The van der Waals surface area contributed by atoms with Crippen molar-refractivity contribution in [1.82, 2.24) is 0 Å². The summed E-state index contributed by atoms with van der Waals surface area (Å²) in [5, 5.41) is 0.245. The second-order valence-corrected chi connectivity index (χ2v) is 10.7. The number of thioether (sulfide) groups is 1. The van der Waals surface area contributed by atoms with Crippen LogP contribution in [-0.2, 0) is 0 Å². The molecule has 1 unspecified atom stereocenters. The molecule has 0 heterocycles. The molecule has 1 atom stereocenters. The molecule has 0 aliphatic rings. The standard InChI is InChI=1S/C12H19BPS/c1-12(2,3)14(4,13)10-15-11-8-6-5-7-9-11/h5-9H,10H2,1-4H3. The van der Waals surface area contributed by atoms with E-state index in [0.29, 0.717) is 0 Å². The number of rotatable bonds is 3. The molecule has 0 aliphatic heterocycles. The maximum absolute atomic E-state index is 6.43. The highest BCUT2D eigenvalue weighted by atomic mass is 32.2. The zero-order valence-electron chi connectivity index (χ0n) is 10.0. The zero-order valence-corrected chi connectivity index (χ0v) is 11.7. The van der Waals surface area contributed by atoms with Crippen LogP contribution in [0.15, 0.2) is 35.2 Å². The van der Waals surface area contributed by atoms with Gasteiger partial charge in [-0.1, -0.05) is 30.0 Å². The molecule has 0 aromatic heterocycles. The van der Waals surface area contributed by atoms with E-state index in [9.17, 15) is 0 Å². The van der Waals surface area contributed by atoms with E-state index >= 15 is 0 Å². The molecule has 3 heteroatoms. The normalized spacial score (nSPS) is 16.1. The molecule has 0 saturated heterocycles. The van der Waals surface area contributed by atoms with E-state index in [4.69, 9.17) is 7.57 Å². The van der Waals surface area contributed by atoms with Crippen LogP contribution in [0.1, 0.15) is 20.8 Å². The van der Waals surface area contributed by atoms with Crippen LogP contribution in [0, 0.1) is 0 Å². The maximum Gasteiger partial charge on any atom is 0.0614 e. The molecule has 81 valence electrons. The second kappa shape index (κ2) is 4.93. The summed E-state index contributed by atoms with van der Waals surface area (Å²) >= 11 is 1.88. The summed E-state index contributed by atoms with van der Waals surface area (Å²) in [4.78, 5) is 1.32. The van der Waals surface area contributed by atoms with Crippen LogP contribution in [0.5, 0.6) is 0 Å². The quantitative estimate of drug-likeness (QED) is 0.430. The van der Waals surface area contributed by atoms with Gasteiger partial charge in [0.2, 0.25) is 0 Å². The average molecular weight is 237 g/mol. The Hall–Kier alpha value is 0.0649. The molecule has 3 radical (unpaired) electrons. The lowest BCUT2D eigenvalue weighted by atomic mass is 10.3. The van der Waals surface area contributed by atoms with Crippen LogP contribution in [0.25, 0.3) is 0 Å². The van der Waals surface area contributed by atoms with Gasteiger partial charge in [-0.25, -0.2) is 7.14 Å². The van der Waals surface area contributed by atoms with E-state index in [1.807, 2.05) is 17.8 Å². The van der Waals surface area contributed by atoms with Crippen molar-refractivity contribution in [2.75, 3.05) is 12.2 Å². The summed E-state index contributed by atoms with van der Waals surface area (Å²) in [5.41, 5.74) is 1.06. The predicted molar refractivity (Wildman–Crippen MR) is 75.5 cm³/mol. The van der Waals surface area contributed by atoms with Gasteiger partial charge < -0.3 is 7.57 Å². The molecule has 1 aromatic carbocycles. The van der Waals surface area contributed by atoms with Crippen molar-refractivity contribution < 1.29 is 0 Å². The van der Waals surface area contributed by atoms with Gasteiger partial charge in [0.25, 0.3) is 0 Å². The second-order valence-electron chi connectivity index (χ2n) is 5.03. The molecule has 0 N–H and O–H groups in total. The van der Waals surface area contributed by atoms with E-state index in [-0.39, 0.29) is 5.16 Å². The summed E-state index contributed by atoms with van der Waals surface area (Å²) in [5.74, 6) is 0. The zero-order chi connectivity index (χ0) is 11.5. The highest BCUT2D eigenvalue weighted by Crippen LogP contribution is 2.63. The minimum Gasteiger partial charge on any atom is -0.305 e. The van der Waals surface area contributed by atoms with E-state index in [1.165, 1.54) is 4.90 Å². The fourth-order valence-corrected chi connectivity index (χ4v) is 4.49. The summed E-state index contributed by atoms with van der Waals surface area (Å²) < 4.78 is 0. The number of benzene rings is 1. The van der Waals surface area contributed by atoms with Crippen LogP contribution >= 0.6 is 18.9 Å². The first kappa shape index (κ1) is 13.1. The Morgan fingerprint density at radius 2 is 1.73 bits per heavy atom. The fraction of sp³-hybridized carbons (Fsp3) is 0.500. The Labute approximate surface area is 99.9 Å². The van der Waals surface area contributed by atoms with Crippen LogP contribution in [0.4, 0.5) is 0 Å². The van der Waals surface area contributed by atoms with Crippen molar-refractivity contribution in [3.05, 3.63) is 30.3 Å². The Balaban J connectivity index is 2.58. The summed E-state index contributed by atoms with van der Waals surface area (Å²) in [7, 11) is 5.10. The van der Waals surface area contributed by atoms with Crippen molar-refractivity contribution in [2.45, 2.75) is 30.8 Å². The maximum atomic E-state index is 6.43. The van der Waals surface area contributed by atoms with Gasteiger partial charge in [-0.3, -0.25) is 0 Å². The van der Waals surface area contributed by atoms with E-state index in [2.05, 4.69) is 51.7 Å². The average Bonchev–Trinajstić information content (AvgIpc) is 2.15. The third kappa shape index (κ3) is 3.85. The van der Waals surface area contributed by atoms with Crippen LogP contribution in [-0.4, -0.2) is 24.9 Å². The molecular weight excluding hydrogens is 218 g/mol. The first-order chi connectivity index (χ1) is 6.83. The van der Waals surface area contributed by atoms with Gasteiger partial charge in [-0.2, -0.15) is 0 Å². The van der Waals surface area contributed by atoms with Gasteiger partial charge in [0.1, 0.15) is 0 Å². The Bertz CT molecular complexity index is 303. The summed E-state index contributed by atoms with van der Waals surface area (Å²) in [6, 6.07) is 10.5. The minimum absolute atomic E-state index is 0.245. The lowest BCUT2D eigenvalue weighted by Gasteiger charge is -2.44. The highest BCUT2D eigenvalue weighted by Gasteiger charge is 2.28. The predicted octanol–water partition coefficient (Wildman–Crippen LogP) is 4.27. The van der Waals surface area contributed by atoms with Gasteiger partial charge in [0.15, 0.2) is 0 Å². The van der Waals surface area contributed by atoms with Crippen LogP contribution < -0.4 is 0 Å². The van der Waals surface area contributed by atoms with Crippen LogP contribution in [0.3, 0.4) is 0 Å². The lowest BCUT2D eigenvalue weighted by Crippen LogP contribution is -2.20. The van der Waals surface area contributed by atoms with Crippen molar-refractivity contribution >= 4 is 26.5 Å². The first-order valence-corrected chi connectivity index (χ1v) is 8.62. The molecule has 15 heavy (non-hydrogen) atoms. The molecule has 0 amide bonds. The smallest absolute Gasteiger partial charge is 0.0614 e. The Kier molecular flexibility index (Phi) is 4.32. The molecule has 0 spiro atoms. The van der Waals surface area contributed by atoms with E-state index < -0.39 is 7.14 Å².